The number of anilines is 3. The van der Waals surface area contributed by atoms with Gasteiger partial charge in [-0.25, -0.2) is 9.97 Å². The van der Waals surface area contributed by atoms with Crippen molar-refractivity contribution in [3.63, 3.8) is 0 Å². The zero-order valence-corrected chi connectivity index (χ0v) is 16.3. The lowest BCUT2D eigenvalue weighted by atomic mass is 10.0. The molecule has 142 valence electrons. The van der Waals surface area contributed by atoms with Gasteiger partial charge in [0.1, 0.15) is 5.69 Å². The Morgan fingerprint density at radius 3 is 2.82 bits per heavy atom. The van der Waals surface area contributed by atoms with Crippen molar-refractivity contribution in [3.8, 4) is 0 Å². The van der Waals surface area contributed by atoms with E-state index in [1.807, 2.05) is 40.1 Å². The maximum atomic E-state index is 13.2. The van der Waals surface area contributed by atoms with E-state index in [9.17, 15) is 4.79 Å². The number of hydrogen-bond acceptors (Lipinski definition) is 4. The van der Waals surface area contributed by atoms with Crippen molar-refractivity contribution in [2.45, 2.75) is 26.7 Å². The second kappa shape index (κ2) is 7.80. The topological polar surface area (TPSA) is 49.3 Å². The molecular formula is C23H24N4O. The molecule has 1 aliphatic heterocycles. The first kappa shape index (κ1) is 18.2. The third kappa shape index (κ3) is 3.48. The molecule has 5 heteroatoms. The molecule has 2 heterocycles. The van der Waals surface area contributed by atoms with Gasteiger partial charge in [0.2, 0.25) is 5.95 Å². The zero-order chi connectivity index (χ0) is 19.5. The van der Waals surface area contributed by atoms with Crippen molar-refractivity contribution >= 4 is 23.2 Å². The van der Waals surface area contributed by atoms with E-state index in [-0.39, 0.29) is 5.91 Å². The number of benzene rings is 2. The van der Waals surface area contributed by atoms with Crippen LogP contribution in [0.25, 0.3) is 0 Å². The summed E-state index contributed by atoms with van der Waals surface area (Å²) in [6, 6.07) is 18.0. The van der Waals surface area contributed by atoms with E-state index in [1.54, 1.807) is 12.3 Å². The van der Waals surface area contributed by atoms with Crippen LogP contribution in [0.1, 0.15) is 35.0 Å². The highest BCUT2D eigenvalue weighted by Gasteiger charge is 2.25. The molecule has 0 bridgehead atoms. The lowest BCUT2D eigenvalue weighted by Gasteiger charge is -2.29. The molecule has 1 aliphatic rings. The number of aryl methyl sites for hydroxylation is 2. The van der Waals surface area contributed by atoms with Crippen molar-refractivity contribution in [1.29, 1.82) is 0 Å². The first-order chi connectivity index (χ1) is 13.7. The number of hydrogen-bond donors (Lipinski definition) is 0. The van der Waals surface area contributed by atoms with Gasteiger partial charge in [0.05, 0.1) is 0 Å². The smallest absolute Gasteiger partial charge is 0.277 e. The van der Waals surface area contributed by atoms with Crippen molar-refractivity contribution < 1.29 is 4.79 Å². The van der Waals surface area contributed by atoms with E-state index in [2.05, 4.69) is 42.0 Å². The number of carbonyl (C=O) groups excluding carboxylic acids is 1. The fraction of sp³-hybridized carbons (Fsp3) is 0.261. The monoisotopic (exact) mass is 372 g/mol. The fourth-order valence-corrected chi connectivity index (χ4v) is 3.72. The molecule has 4 rings (SSSR count). The summed E-state index contributed by atoms with van der Waals surface area (Å²) in [6.07, 6.45) is 3.64. The van der Waals surface area contributed by atoms with Gasteiger partial charge in [-0.15, -0.1) is 0 Å². The van der Waals surface area contributed by atoms with Gasteiger partial charge in [-0.1, -0.05) is 30.3 Å². The summed E-state index contributed by atoms with van der Waals surface area (Å²) in [4.78, 5) is 26.2. The minimum absolute atomic E-state index is 0.0731. The summed E-state index contributed by atoms with van der Waals surface area (Å²) in [6.45, 7) is 5.55. The molecule has 0 radical (unpaired) electrons. The first-order valence-corrected chi connectivity index (χ1v) is 9.74. The number of rotatable bonds is 4. The normalized spacial score (nSPS) is 13.1. The molecule has 3 aromatic rings. The second-order valence-corrected chi connectivity index (χ2v) is 7.01. The van der Waals surface area contributed by atoms with Gasteiger partial charge in [0.15, 0.2) is 0 Å². The van der Waals surface area contributed by atoms with E-state index < -0.39 is 0 Å². The Morgan fingerprint density at radius 1 is 1.14 bits per heavy atom. The molecule has 1 aromatic heterocycles. The maximum absolute atomic E-state index is 13.2. The van der Waals surface area contributed by atoms with E-state index in [4.69, 9.17) is 0 Å². The predicted octanol–water partition coefficient (Wildman–Crippen LogP) is 4.54. The molecule has 0 fully saturated rings. The van der Waals surface area contributed by atoms with E-state index in [0.29, 0.717) is 24.7 Å². The van der Waals surface area contributed by atoms with Gasteiger partial charge in [-0.05, 0) is 62.1 Å². The molecular weight excluding hydrogens is 348 g/mol. The van der Waals surface area contributed by atoms with E-state index in [1.165, 1.54) is 11.1 Å². The Kier molecular flexibility index (Phi) is 5.06. The predicted molar refractivity (Wildman–Crippen MR) is 112 cm³/mol. The summed E-state index contributed by atoms with van der Waals surface area (Å²) in [7, 11) is 0. The lowest BCUT2D eigenvalue weighted by Crippen LogP contribution is -2.36. The Bertz CT molecular complexity index is 1000. The minimum Gasteiger partial charge on any atom is -0.311 e. The van der Waals surface area contributed by atoms with Crippen LogP contribution >= 0.6 is 0 Å². The SMILES string of the molecule is CCN(c1cccc(C)c1)c1nccc(C(=O)N2CCCc3ccccc32)n1. The van der Waals surface area contributed by atoms with Crippen LogP contribution in [0, 0.1) is 6.92 Å². The average Bonchev–Trinajstić information content (AvgIpc) is 2.74. The third-order valence-corrected chi connectivity index (χ3v) is 5.09. The Balaban J connectivity index is 1.66. The largest absolute Gasteiger partial charge is 0.311 e. The summed E-state index contributed by atoms with van der Waals surface area (Å²) >= 11 is 0. The standard InChI is InChI=1S/C23H24N4O/c1-3-26(19-11-6-8-17(2)16-19)23-24-14-13-20(25-23)22(28)27-15-7-10-18-9-4-5-12-21(18)27/h4-6,8-9,11-14,16H,3,7,10,15H2,1-2H3. The highest BCUT2D eigenvalue weighted by molar-refractivity contribution is 6.05. The Hall–Kier alpha value is -3.21. The molecule has 2 aromatic carbocycles. The van der Waals surface area contributed by atoms with E-state index >= 15 is 0 Å². The number of carbonyl (C=O) groups is 1. The van der Waals surface area contributed by atoms with Gasteiger partial charge in [0, 0.05) is 30.7 Å². The molecule has 0 spiro atoms. The molecule has 1 amide bonds. The third-order valence-electron chi connectivity index (χ3n) is 5.09. The van der Waals surface area contributed by atoms with Crippen molar-refractivity contribution in [2.24, 2.45) is 0 Å². The van der Waals surface area contributed by atoms with Crippen LogP contribution in [0.3, 0.4) is 0 Å². The van der Waals surface area contributed by atoms with Crippen LogP contribution in [0.15, 0.2) is 60.8 Å². The Morgan fingerprint density at radius 2 is 2.00 bits per heavy atom. The number of nitrogens with zero attached hydrogens (tertiary/aromatic N) is 4. The number of amides is 1. The molecule has 5 nitrogen and oxygen atoms in total. The molecule has 0 unspecified atom stereocenters. The quantitative estimate of drug-likeness (QED) is 0.675. The molecule has 0 N–H and O–H groups in total. The van der Waals surface area contributed by atoms with Crippen LogP contribution in [-0.2, 0) is 6.42 Å². The lowest BCUT2D eigenvalue weighted by molar-refractivity contribution is 0.0980. The summed E-state index contributed by atoms with van der Waals surface area (Å²) in [5.41, 5.74) is 4.83. The van der Waals surface area contributed by atoms with Crippen LogP contribution in [-0.4, -0.2) is 29.0 Å². The number of para-hydroxylation sites is 1. The summed E-state index contributed by atoms with van der Waals surface area (Å²) in [5.74, 6) is 0.473. The van der Waals surface area contributed by atoms with Crippen molar-refractivity contribution in [1.82, 2.24) is 9.97 Å². The number of fused-ring (bicyclic) bond motifs is 1. The minimum atomic E-state index is -0.0731. The molecule has 0 saturated heterocycles. The van der Waals surface area contributed by atoms with Crippen LogP contribution < -0.4 is 9.80 Å². The van der Waals surface area contributed by atoms with Crippen LogP contribution in [0.4, 0.5) is 17.3 Å². The van der Waals surface area contributed by atoms with Gasteiger partial charge in [-0.2, -0.15) is 0 Å². The first-order valence-electron chi connectivity index (χ1n) is 9.74. The molecule has 0 atom stereocenters. The molecule has 0 saturated carbocycles. The zero-order valence-electron chi connectivity index (χ0n) is 16.3. The highest BCUT2D eigenvalue weighted by Crippen LogP contribution is 2.28. The van der Waals surface area contributed by atoms with Gasteiger partial charge in [0.25, 0.3) is 5.91 Å². The Labute approximate surface area is 165 Å². The van der Waals surface area contributed by atoms with Gasteiger partial charge < -0.3 is 9.80 Å². The van der Waals surface area contributed by atoms with E-state index in [0.717, 1.165) is 24.2 Å². The van der Waals surface area contributed by atoms with Gasteiger partial charge in [-0.3, -0.25) is 4.79 Å². The highest BCUT2D eigenvalue weighted by atomic mass is 16.2. The summed E-state index contributed by atoms with van der Waals surface area (Å²) < 4.78 is 0. The van der Waals surface area contributed by atoms with Crippen LogP contribution in [0.2, 0.25) is 0 Å². The molecule has 28 heavy (non-hydrogen) atoms. The van der Waals surface area contributed by atoms with Gasteiger partial charge >= 0.3 is 0 Å². The van der Waals surface area contributed by atoms with Crippen LogP contribution in [0.5, 0.6) is 0 Å². The van der Waals surface area contributed by atoms with Crippen molar-refractivity contribution in [2.75, 3.05) is 22.9 Å². The summed E-state index contributed by atoms with van der Waals surface area (Å²) in [5, 5.41) is 0. The molecule has 0 aliphatic carbocycles. The number of aromatic nitrogens is 2. The average molecular weight is 372 g/mol. The van der Waals surface area contributed by atoms with Crippen molar-refractivity contribution in [3.05, 3.63) is 77.6 Å². The fourth-order valence-electron chi connectivity index (χ4n) is 3.72. The maximum Gasteiger partial charge on any atom is 0.277 e. The second-order valence-electron chi connectivity index (χ2n) is 7.01.